The SMILES string of the molecule is c1ccc(Cc2[nH]c3c4c(ccc3c2-c2ccccc2)-c2ccccc2C4)cc1. The Balaban J connectivity index is 1.60. The topological polar surface area (TPSA) is 15.8 Å². The van der Waals surface area contributed by atoms with E-state index in [-0.39, 0.29) is 0 Å². The molecule has 1 N–H and O–H groups in total. The van der Waals surface area contributed by atoms with Gasteiger partial charge in [0.1, 0.15) is 0 Å². The van der Waals surface area contributed by atoms with Gasteiger partial charge in [-0.3, -0.25) is 0 Å². The van der Waals surface area contributed by atoms with E-state index in [4.69, 9.17) is 0 Å². The first kappa shape index (κ1) is 16.4. The van der Waals surface area contributed by atoms with Crippen LogP contribution in [-0.2, 0) is 12.8 Å². The standard InChI is InChI=1S/C28H21N/c1-3-9-19(10-4-1)17-26-27(20-11-5-2-6-12-20)24-16-15-23-22-14-8-7-13-21(22)18-25(23)28(24)29-26/h1-16,29H,17-18H2. The summed E-state index contributed by atoms with van der Waals surface area (Å²) in [6.07, 6.45) is 1.91. The van der Waals surface area contributed by atoms with Crippen molar-refractivity contribution in [2.75, 3.05) is 0 Å². The molecule has 1 aliphatic rings. The first-order valence-corrected chi connectivity index (χ1v) is 10.2. The number of benzene rings is 4. The maximum Gasteiger partial charge on any atom is 0.0504 e. The molecule has 0 fully saturated rings. The molecule has 0 bridgehead atoms. The zero-order chi connectivity index (χ0) is 19.2. The number of nitrogens with one attached hydrogen (secondary N) is 1. The lowest BCUT2D eigenvalue weighted by atomic mass is 9.96. The molecule has 1 aliphatic carbocycles. The van der Waals surface area contributed by atoms with Gasteiger partial charge < -0.3 is 4.98 Å². The Labute approximate surface area is 170 Å². The molecule has 0 radical (unpaired) electrons. The van der Waals surface area contributed by atoms with Crippen LogP contribution in [0.2, 0.25) is 0 Å². The summed E-state index contributed by atoms with van der Waals surface area (Å²) < 4.78 is 0. The first-order chi connectivity index (χ1) is 14.4. The van der Waals surface area contributed by atoms with Gasteiger partial charge in [0.25, 0.3) is 0 Å². The van der Waals surface area contributed by atoms with Crippen LogP contribution in [0, 0.1) is 0 Å². The molecule has 0 aliphatic heterocycles. The zero-order valence-electron chi connectivity index (χ0n) is 16.2. The van der Waals surface area contributed by atoms with Gasteiger partial charge in [0.15, 0.2) is 0 Å². The van der Waals surface area contributed by atoms with Gasteiger partial charge in [0.05, 0.1) is 5.52 Å². The summed E-state index contributed by atoms with van der Waals surface area (Å²) in [5.41, 5.74) is 12.1. The summed E-state index contributed by atoms with van der Waals surface area (Å²) in [5, 5.41) is 1.33. The first-order valence-electron chi connectivity index (χ1n) is 10.2. The summed E-state index contributed by atoms with van der Waals surface area (Å²) in [6.45, 7) is 0. The lowest BCUT2D eigenvalue weighted by Crippen LogP contribution is -1.91. The van der Waals surface area contributed by atoms with Crippen LogP contribution < -0.4 is 0 Å². The van der Waals surface area contributed by atoms with Crippen LogP contribution in [0.4, 0.5) is 0 Å². The van der Waals surface area contributed by atoms with E-state index in [1.165, 1.54) is 55.5 Å². The van der Waals surface area contributed by atoms with Gasteiger partial charge >= 0.3 is 0 Å². The lowest BCUT2D eigenvalue weighted by molar-refractivity contribution is 1.12. The third kappa shape index (κ3) is 2.62. The summed E-state index contributed by atoms with van der Waals surface area (Å²) >= 11 is 0. The van der Waals surface area contributed by atoms with Crippen LogP contribution in [0.3, 0.4) is 0 Å². The maximum atomic E-state index is 3.85. The van der Waals surface area contributed by atoms with Crippen molar-refractivity contribution < 1.29 is 0 Å². The van der Waals surface area contributed by atoms with E-state index in [1.54, 1.807) is 0 Å². The molecule has 138 valence electrons. The molecule has 0 atom stereocenters. The predicted molar refractivity (Wildman–Crippen MR) is 121 cm³/mol. The number of aromatic amines is 1. The zero-order valence-corrected chi connectivity index (χ0v) is 16.2. The Morgan fingerprint density at radius 2 is 1.38 bits per heavy atom. The molecule has 0 amide bonds. The van der Waals surface area contributed by atoms with Crippen LogP contribution >= 0.6 is 0 Å². The summed E-state index contributed by atoms with van der Waals surface area (Å²) in [7, 11) is 0. The van der Waals surface area contributed by atoms with Crippen LogP contribution in [0.25, 0.3) is 33.2 Å². The summed E-state index contributed by atoms with van der Waals surface area (Å²) in [6, 6.07) is 34.9. The minimum atomic E-state index is 0.904. The highest BCUT2D eigenvalue weighted by Crippen LogP contribution is 2.43. The van der Waals surface area contributed by atoms with Crippen molar-refractivity contribution in [2.24, 2.45) is 0 Å². The second kappa shape index (κ2) is 6.49. The number of rotatable bonds is 3. The highest BCUT2D eigenvalue weighted by molar-refractivity contribution is 6.03. The molecular weight excluding hydrogens is 350 g/mol. The Hall–Kier alpha value is -3.58. The number of hydrogen-bond donors (Lipinski definition) is 1. The molecule has 6 rings (SSSR count). The summed E-state index contributed by atoms with van der Waals surface area (Å²) in [4.78, 5) is 3.85. The molecule has 29 heavy (non-hydrogen) atoms. The molecule has 1 nitrogen and oxygen atoms in total. The Morgan fingerprint density at radius 1 is 0.655 bits per heavy atom. The van der Waals surface area contributed by atoms with Crippen LogP contribution in [0.1, 0.15) is 22.4 Å². The fourth-order valence-corrected chi connectivity index (χ4v) is 4.81. The molecule has 0 saturated heterocycles. The monoisotopic (exact) mass is 371 g/mol. The van der Waals surface area contributed by atoms with E-state index in [1.807, 2.05) is 0 Å². The number of H-pyrrole nitrogens is 1. The van der Waals surface area contributed by atoms with E-state index in [2.05, 4.69) is 102 Å². The third-order valence-electron chi connectivity index (χ3n) is 6.12. The molecule has 1 aromatic heterocycles. The van der Waals surface area contributed by atoms with Crippen LogP contribution in [0.15, 0.2) is 97.1 Å². The molecule has 0 spiro atoms. The van der Waals surface area contributed by atoms with E-state index in [0.29, 0.717) is 0 Å². The largest absolute Gasteiger partial charge is 0.357 e. The fraction of sp³-hybridized carbons (Fsp3) is 0.0714. The van der Waals surface area contributed by atoms with Crippen molar-refractivity contribution in [1.29, 1.82) is 0 Å². The van der Waals surface area contributed by atoms with Gasteiger partial charge in [-0.05, 0) is 33.4 Å². The van der Waals surface area contributed by atoms with E-state index in [0.717, 1.165) is 12.8 Å². The Morgan fingerprint density at radius 3 is 2.21 bits per heavy atom. The highest BCUT2D eigenvalue weighted by atomic mass is 14.7. The van der Waals surface area contributed by atoms with Crippen molar-refractivity contribution in [3.8, 4) is 22.3 Å². The second-order valence-electron chi connectivity index (χ2n) is 7.86. The number of fused-ring (bicyclic) bond motifs is 5. The third-order valence-corrected chi connectivity index (χ3v) is 6.12. The quantitative estimate of drug-likeness (QED) is 0.345. The molecule has 0 saturated carbocycles. The van der Waals surface area contributed by atoms with Gasteiger partial charge in [-0.15, -0.1) is 0 Å². The molecular formula is C28H21N. The minimum Gasteiger partial charge on any atom is -0.357 e. The Bertz CT molecular complexity index is 1330. The molecule has 4 aromatic carbocycles. The van der Waals surface area contributed by atoms with Crippen LogP contribution in [0.5, 0.6) is 0 Å². The van der Waals surface area contributed by atoms with E-state index < -0.39 is 0 Å². The normalized spacial score (nSPS) is 12.1. The highest BCUT2D eigenvalue weighted by Gasteiger charge is 2.23. The van der Waals surface area contributed by atoms with Crippen molar-refractivity contribution in [1.82, 2.24) is 4.98 Å². The molecule has 5 aromatic rings. The van der Waals surface area contributed by atoms with Gasteiger partial charge in [0.2, 0.25) is 0 Å². The number of hydrogen-bond acceptors (Lipinski definition) is 0. The number of aromatic nitrogens is 1. The maximum absolute atomic E-state index is 3.85. The average Bonchev–Trinajstić information content (AvgIpc) is 3.33. The second-order valence-corrected chi connectivity index (χ2v) is 7.86. The van der Waals surface area contributed by atoms with Crippen molar-refractivity contribution in [2.45, 2.75) is 12.8 Å². The van der Waals surface area contributed by atoms with E-state index in [9.17, 15) is 0 Å². The van der Waals surface area contributed by atoms with Gasteiger partial charge in [-0.1, -0.05) is 97.1 Å². The van der Waals surface area contributed by atoms with Gasteiger partial charge in [-0.2, -0.15) is 0 Å². The van der Waals surface area contributed by atoms with Crippen LogP contribution in [-0.4, -0.2) is 4.98 Å². The fourth-order valence-electron chi connectivity index (χ4n) is 4.81. The average molecular weight is 371 g/mol. The summed E-state index contributed by atoms with van der Waals surface area (Å²) in [5.74, 6) is 0. The van der Waals surface area contributed by atoms with Gasteiger partial charge in [0, 0.05) is 29.5 Å². The lowest BCUT2D eigenvalue weighted by Gasteiger charge is -2.06. The molecule has 1 heterocycles. The predicted octanol–water partition coefficient (Wildman–Crippen LogP) is 7.00. The molecule has 1 heteroatoms. The van der Waals surface area contributed by atoms with Crippen molar-refractivity contribution in [3.63, 3.8) is 0 Å². The molecule has 0 unspecified atom stereocenters. The smallest absolute Gasteiger partial charge is 0.0504 e. The van der Waals surface area contributed by atoms with E-state index >= 15 is 0 Å². The van der Waals surface area contributed by atoms with Gasteiger partial charge in [-0.25, -0.2) is 0 Å². The van der Waals surface area contributed by atoms with Crippen molar-refractivity contribution >= 4 is 10.9 Å². The van der Waals surface area contributed by atoms with Crippen molar-refractivity contribution in [3.05, 3.63) is 119 Å². The minimum absolute atomic E-state index is 0.904. The Kier molecular flexibility index (Phi) is 3.67.